The first-order valence-electron chi connectivity index (χ1n) is 9.93. The van der Waals surface area contributed by atoms with Crippen molar-refractivity contribution in [2.75, 3.05) is 13.1 Å². The van der Waals surface area contributed by atoms with E-state index in [1.54, 1.807) is 37.5 Å². The SMILES string of the molecule is Cc1noc(/C=C/c2cccs2)c1S(=O)(=O)N1CCC[C@H](C(=O)NCc2ccco2)C1. The van der Waals surface area contributed by atoms with E-state index in [0.717, 1.165) is 4.88 Å². The van der Waals surface area contributed by atoms with Gasteiger partial charge in [0.25, 0.3) is 0 Å². The van der Waals surface area contributed by atoms with E-state index in [1.807, 2.05) is 17.5 Å². The minimum atomic E-state index is -3.86. The molecule has 4 heterocycles. The third-order valence-corrected chi connectivity index (χ3v) is 8.01. The Morgan fingerprint density at radius 3 is 2.97 bits per heavy atom. The van der Waals surface area contributed by atoms with Crippen LogP contribution in [0, 0.1) is 12.8 Å². The highest BCUT2D eigenvalue weighted by Crippen LogP contribution is 2.29. The van der Waals surface area contributed by atoms with Gasteiger partial charge in [0.2, 0.25) is 15.9 Å². The van der Waals surface area contributed by atoms with Crippen molar-refractivity contribution in [2.24, 2.45) is 5.92 Å². The van der Waals surface area contributed by atoms with Gasteiger partial charge in [-0.15, -0.1) is 11.3 Å². The average Bonchev–Trinajstić information content (AvgIpc) is 3.53. The van der Waals surface area contributed by atoms with Gasteiger partial charge >= 0.3 is 0 Å². The van der Waals surface area contributed by atoms with E-state index in [-0.39, 0.29) is 29.7 Å². The molecule has 10 heteroatoms. The summed E-state index contributed by atoms with van der Waals surface area (Å²) < 4.78 is 38.7. The monoisotopic (exact) mass is 461 g/mol. The van der Waals surface area contributed by atoms with E-state index >= 15 is 0 Å². The second-order valence-corrected chi connectivity index (χ2v) is 10.2. The van der Waals surface area contributed by atoms with Gasteiger partial charge in [0, 0.05) is 18.0 Å². The van der Waals surface area contributed by atoms with Crippen LogP contribution in [0.1, 0.15) is 34.9 Å². The zero-order chi connectivity index (χ0) is 21.8. The van der Waals surface area contributed by atoms with Crippen molar-refractivity contribution >= 4 is 39.4 Å². The smallest absolute Gasteiger partial charge is 0.248 e. The van der Waals surface area contributed by atoms with Crippen molar-refractivity contribution in [2.45, 2.75) is 31.2 Å². The fourth-order valence-electron chi connectivity index (χ4n) is 3.58. The lowest BCUT2D eigenvalue weighted by Gasteiger charge is -2.31. The summed E-state index contributed by atoms with van der Waals surface area (Å²) in [5.41, 5.74) is 0.301. The molecule has 3 aromatic rings. The molecule has 1 aliphatic heterocycles. The molecule has 1 aliphatic rings. The van der Waals surface area contributed by atoms with Crippen molar-refractivity contribution < 1.29 is 22.2 Å². The highest BCUT2D eigenvalue weighted by molar-refractivity contribution is 7.89. The molecule has 1 N–H and O–H groups in total. The van der Waals surface area contributed by atoms with Crippen LogP contribution in [-0.2, 0) is 21.4 Å². The Kier molecular flexibility index (Phi) is 6.40. The van der Waals surface area contributed by atoms with Gasteiger partial charge in [0.15, 0.2) is 10.7 Å². The molecule has 0 radical (unpaired) electrons. The second kappa shape index (κ2) is 9.21. The predicted octanol–water partition coefficient (Wildman–Crippen LogP) is 3.53. The quantitative estimate of drug-likeness (QED) is 0.577. The van der Waals surface area contributed by atoms with Gasteiger partial charge in [0.05, 0.1) is 18.7 Å². The number of carbonyl (C=O) groups is 1. The summed E-state index contributed by atoms with van der Waals surface area (Å²) >= 11 is 1.54. The molecule has 0 aromatic carbocycles. The summed E-state index contributed by atoms with van der Waals surface area (Å²) in [6.45, 7) is 2.35. The summed E-state index contributed by atoms with van der Waals surface area (Å²) in [5, 5.41) is 8.63. The maximum Gasteiger partial charge on any atom is 0.248 e. The first kappa shape index (κ1) is 21.5. The number of sulfonamides is 1. The number of rotatable bonds is 7. The third kappa shape index (κ3) is 4.81. The van der Waals surface area contributed by atoms with Gasteiger partial charge in [-0.05, 0) is 55.5 Å². The van der Waals surface area contributed by atoms with Crippen LogP contribution >= 0.6 is 11.3 Å². The molecular weight excluding hydrogens is 438 g/mol. The molecule has 164 valence electrons. The van der Waals surface area contributed by atoms with Gasteiger partial charge in [-0.3, -0.25) is 4.79 Å². The molecule has 1 atom stereocenters. The zero-order valence-corrected chi connectivity index (χ0v) is 18.6. The fraction of sp³-hybridized carbons (Fsp3) is 0.333. The number of aryl methyl sites for hydroxylation is 1. The minimum Gasteiger partial charge on any atom is -0.467 e. The van der Waals surface area contributed by atoms with E-state index in [0.29, 0.717) is 30.8 Å². The highest BCUT2D eigenvalue weighted by Gasteiger charge is 2.36. The van der Waals surface area contributed by atoms with E-state index in [4.69, 9.17) is 8.94 Å². The fourth-order valence-corrected chi connectivity index (χ4v) is 5.97. The van der Waals surface area contributed by atoms with Crippen molar-refractivity contribution in [3.05, 3.63) is 58.0 Å². The van der Waals surface area contributed by atoms with Crippen LogP contribution in [0.2, 0.25) is 0 Å². The zero-order valence-electron chi connectivity index (χ0n) is 17.0. The number of piperidine rings is 1. The minimum absolute atomic E-state index is 0.0527. The third-order valence-electron chi connectivity index (χ3n) is 5.15. The normalized spacial score (nSPS) is 17.9. The van der Waals surface area contributed by atoms with E-state index in [9.17, 15) is 13.2 Å². The molecule has 31 heavy (non-hydrogen) atoms. The number of hydrogen-bond acceptors (Lipinski definition) is 7. The molecule has 8 nitrogen and oxygen atoms in total. The standard InChI is InChI=1S/C21H23N3O5S2/c1-15-20(19(29-23-15)9-8-18-7-4-12-30-18)31(26,27)24-10-2-5-16(14-24)21(25)22-13-17-6-3-11-28-17/h3-4,6-9,11-12,16H,2,5,10,13-14H2,1H3,(H,22,25)/b9-8+/t16-/m0/s1. The van der Waals surface area contributed by atoms with Crippen LogP contribution < -0.4 is 5.32 Å². The summed E-state index contributed by atoms with van der Waals surface area (Å²) in [7, 11) is -3.86. The largest absolute Gasteiger partial charge is 0.467 e. The van der Waals surface area contributed by atoms with E-state index < -0.39 is 15.9 Å². The molecule has 0 bridgehead atoms. The van der Waals surface area contributed by atoms with Crippen molar-refractivity contribution in [1.29, 1.82) is 0 Å². The van der Waals surface area contributed by atoms with Gasteiger partial charge in [0.1, 0.15) is 11.5 Å². The number of amides is 1. The van der Waals surface area contributed by atoms with Crippen LogP contribution in [0.25, 0.3) is 12.2 Å². The van der Waals surface area contributed by atoms with Crippen LogP contribution in [0.4, 0.5) is 0 Å². The van der Waals surface area contributed by atoms with Crippen molar-refractivity contribution in [3.8, 4) is 0 Å². The molecule has 1 amide bonds. The van der Waals surface area contributed by atoms with Gasteiger partial charge < -0.3 is 14.3 Å². The molecule has 1 saturated heterocycles. The number of aromatic nitrogens is 1. The van der Waals surface area contributed by atoms with Crippen LogP contribution in [-0.4, -0.2) is 36.9 Å². The predicted molar refractivity (Wildman–Crippen MR) is 117 cm³/mol. The number of furan rings is 1. The maximum absolute atomic E-state index is 13.4. The molecule has 0 unspecified atom stereocenters. The lowest BCUT2D eigenvalue weighted by molar-refractivity contribution is -0.126. The first-order chi connectivity index (χ1) is 14.9. The van der Waals surface area contributed by atoms with E-state index in [2.05, 4.69) is 10.5 Å². The Balaban J connectivity index is 1.49. The van der Waals surface area contributed by atoms with Gasteiger partial charge in [-0.2, -0.15) is 4.31 Å². The highest BCUT2D eigenvalue weighted by atomic mass is 32.2. The Labute approximate surface area is 184 Å². The summed E-state index contributed by atoms with van der Waals surface area (Å²) in [6, 6.07) is 7.37. The topological polar surface area (TPSA) is 106 Å². The Bertz CT molecular complexity index is 1150. The van der Waals surface area contributed by atoms with Crippen molar-refractivity contribution in [3.63, 3.8) is 0 Å². The van der Waals surface area contributed by atoms with Gasteiger partial charge in [-0.25, -0.2) is 8.42 Å². The number of nitrogens with zero attached hydrogens (tertiary/aromatic N) is 2. The summed E-state index contributed by atoms with van der Waals surface area (Å²) in [6.07, 6.45) is 6.19. The van der Waals surface area contributed by atoms with Crippen LogP contribution in [0.15, 0.2) is 49.7 Å². The second-order valence-electron chi connectivity index (χ2n) is 7.31. The molecule has 0 saturated carbocycles. The Hall–Kier alpha value is -2.69. The van der Waals surface area contributed by atoms with E-state index in [1.165, 1.54) is 15.6 Å². The average molecular weight is 462 g/mol. The number of hydrogen-bond donors (Lipinski definition) is 1. The van der Waals surface area contributed by atoms with Gasteiger partial charge in [-0.1, -0.05) is 11.2 Å². The van der Waals surface area contributed by atoms with Crippen molar-refractivity contribution in [1.82, 2.24) is 14.8 Å². The molecule has 1 fully saturated rings. The maximum atomic E-state index is 13.4. The first-order valence-corrected chi connectivity index (χ1v) is 12.2. The Morgan fingerprint density at radius 1 is 1.35 bits per heavy atom. The Morgan fingerprint density at radius 2 is 2.23 bits per heavy atom. The molecular formula is C21H23N3O5S2. The molecule has 0 aliphatic carbocycles. The molecule has 4 rings (SSSR count). The summed E-state index contributed by atoms with van der Waals surface area (Å²) in [4.78, 5) is 13.6. The molecule has 3 aromatic heterocycles. The number of carbonyl (C=O) groups excluding carboxylic acids is 1. The lowest BCUT2D eigenvalue weighted by atomic mass is 9.99. The summed E-state index contributed by atoms with van der Waals surface area (Å²) in [5.74, 6) is 0.228. The van der Waals surface area contributed by atoms with Crippen LogP contribution in [0.5, 0.6) is 0 Å². The lowest BCUT2D eigenvalue weighted by Crippen LogP contribution is -2.45. The number of nitrogens with one attached hydrogen (secondary N) is 1. The number of thiophene rings is 1. The molecule has 0 spiro atoms. The van der Waals surface area contributed by atoms with Crippen LogP contribution in [0.3, 0.4) is 0 Å².